The van der Waals surface area contributed by atoms with E-state index in [1.54, 1.807) is 66.7 Å². The standard InChI is InChI=1S/C36H27N5O7S/c42-34(26-10-5-2-6-11-26)39-32(22-24-14-18-29(19-15-24)40(45)46)35(43)38-28-12-7-13-31(23-28)49-33(25-8-3-1-4-9-25)36(44)37-27-16-20-30(21-17-27)41(47)48/h1-23,33H,(H,37,44)(H,38,43)(H,39,42)/b32-22+. The first-order valence-corrected chi connectivity index (χ1v) is 15.5. The van der Waals surface area contributed by atoms with Crippen molar-refractivity contribution in [2.24, 2.45) is 0 Å². The monoisotopic (exact) mass is 673 g/mol. The molecule has 0 aliphatic rings. The van der Waals surface area contributed by atoms with E-state index in [-0.39, 0.29) is 23.0 Å². The van der Waals surface area contributed by atoms with Crippen molar-refractivity contribution in [3.05, 3.63) is 176 Å². The maximum Gasteiger partial charge on any atom is 0.272 e. The van der Waals surface area contributed by atoms with E-state index in [4.69, 9.17) is 0 Å². The van der Waals surface area contributed by atoms with Gasteiger partial charge >= 0.3 is 0 Å². The van der Waals surface area contributed by atoms with Gasteiger partial charge < -0.3 is 16.0 Å². The number of thioether (sulfide) groups is 1. The van der Waals surface area contributed by atoms with Crippen LogP contribution in [0.4, 0.5) is 22.7 Å². The molecule has 5 aromatic rings. The summed E-state index contributed by atoms with van der Waals surface area (Å²) >= 11 is 1.23. The lowest BCUT2D eigenvalue weighted by Gasteiger charge is -2.18. The third-order valence-corrected chi connectivity index (χ3v) is 8.22. The van der Waals surface area contributed by atoms with Crippen LogP contribution in [0.25, 0.3) is 6.08 Å². The van der Waals surface area contributed by atoms with E-state index in [9.17, 15) is 34.6 Å². The van der Waals surface area contributed by atoms with Crippen molar-refractivity contribution >= 4 is 58.3 Å². The molecule has 0 heterocycles. The molecule has 0 aliphatic heterocycles. The molecule has 0 fully saturated rings. The van der Waals surface area contributed by atoms with Gasteiger partial charge in [-0.2, -0.15) is 0 Å². The number of nitrogens with zero attached hydrogens (tertiary/aromatic N) is 2. The summed E-state index contributed by atoms with van der Waals surface area (Å²) in [5.74, 6) is -1.55. The van der Waals surface area contributed by atoms with E-state index in [1.807, 2.05) is 18.2 Å². The second-order valence-corrected chi connectivity index (χ2v) is 11.6. The lowest BCUT2D eigenvalue weighted by atomic mass is 10.1. The number of benzene rings is 5. The molecule has 1 atom stereocenters. The van der Waals surface area contributed by atoms with Gasteiger partial charge in [0.25, 0.3) is 23.2 Å². The van der Waals surface area contributed by atoms with Crippen molar-refractivity contribution in [3.63, 3.8) is 0 Å². The van der Waals surface area contributed by atoms with E-state index < -0.39 is 26.9 Å². The summed E-state index contributed by atoms with van der Waals surface area (Å²) in [5, 5.41) is 29.6. The molecule has 3 amide bonds. The first-order valence-electron chi connectivity index (χ1n) is 14.7. The molecule has 0 aliphatic carbocycles. The number of carbonyl (C=O) groups excluding carboxylic acids is 3. The lowest BCUT2D eigenvalue weighted by molar-refractivity contribution is -0.385. The van der Waals surface area contributed by atoms with Crippen LogP contribution in [0.1, 0.15) is 26.7 Å². The van der Waals surface area contributed by atoms with Crippen LogP contribution in [0.15, 0.2) is 144 Å². The van der Waals surface area contributed by atoms with Crippen LogP contribution in [-0.4, -0.2) is 27.6 Å². The molecule has 0 radical (unpaired) electrons. The lowest BCUT2D eigenvalue weighted by Crippen LogP contribution is -2.30. The average molecular weight is 674 g/mol. The van der Waals surface area contributed by atoms with Crippen molar-refractivity contribution in [1.82, 2.24) is 5.32 Å². The largest absolute Gasteiger partial charge is 0.325 e. The number of anilines is 2. The predicted octanol–water partition coefficient (Wildman–Crippen LogP) is 7.38. The molecule has 0 spiro atoms. The molecule has 0 aromatic heterocycles. The van der Waals surface area contributed by atoms with Crippen molar-refractivity contribution in [2.45, 2.75) is 10.1 Å². The number of nitro groups is 2. The molecule has 5 aromatic carbocycles. The van der Waals surface area contributed by atoms with Crippen LogP contribution in [0, 0.1) is 20.2 Å². The van der Waals surface area contributed by atoms with Gasteiger partial charge in [0.15, 0.2) is 0 Å². The van der Waals surface area contributed by atoms with Crippen LogP contribution in [0.3, 0.4) is 0 Å². The molecule has 1 unspecified atom stereocenters. The molecule has 49 heavy (non-hydrogen) atoms. The fraction of sp³-hybridized carbons (Fsp3) is 0.0278. The number of nitro benzene ring substituents is 2. The topological polar surface area (TPSA) is 174 Å². The van der Waals surface area contributed by atoms with Gasteiger partial charge in [0.05, 0.1) is 9.85 Å². The average Bonchev–Trinajstić information content (AvgIpc) is 3.11. The molecule has 0 bridgehead atoms. The van der Waals surface area contributed by atoms with Gasteiger partial charge in [0, 0.05) is 46.1 Å². The zero-order valence-corrected chi connectivity index (χ0v) is 26.3. The van der Waals surface area contributed by atoms with Crippen LogP contribution in [-0.2, 0) is 9.59 Å². The first kappa shape index (κ1) is 33.8. The molecule has 12 nitrogen and oxygen atoms in total. The van der Waals surface area contributed by atoms with Gasteiger partial charge in [0.2, 0.25) is 5.91 Å². The zero-order chi connectivity index (χ0) is 34.8. The number of hydrogen-bond donors (Lipinski definition) is 3. The van der Waals surface area contributed by atoms with Gasteiger partial charge in [-0.3, -0.25) is 34.6 Å². The van der Waals surface area contributed by atoms with E-state index in [1.165, 1.54) is 66.4 Å². The van der Waals surface area contributed by atoms with Crippen LogP contribution >= 0.6 is 11.8 Å². The number of nitrogens with one attached hydrogen (secondary N) is 3. The summed E-state index contributed by atoms with van der Waals surface area (Å²) in [4.78, 5) is 61.8. The number of non-ortho nitro benzene ring substituents is 2. The van der Waals surface area contributed by atoms with E-state index in [0.717, 1.165) is 0 Å². The highest BCUT2D eigenvalue weighted by Gasteiger charge is 2.23. The molecule has 0 saturated carbocycles. The van der Waals surface area contributed by atoms with Gasteiger partial charge in [-0.1, -0.05) is 54.6 Å². The Morgan fingerprint density at radius 2 is 1.24 bits per heavy atom. The van der Waals surface area contributed by atoms with Gasteiger partial charge in [-0.15, -0.1) is 11.8 Å². The molecule has 244 valence electrons. The highest BCUT2D eigenvalue weighted by Crippen LogP contribution is 2.37. The van der Waals surface area contributed by atoms with E-state index in [0.29, 0.717) is 33.0 Å². The minimum atomic E-state index is -0.731. The van der Waals surface area contributed by atoms with Gasteiger partial charge in [0.1, 0.15) is 10.9 Å². The van der Waals surface area contributed by atoms with Crippen molar-refractivity contribution in [2.75, 3.05) is 10.6 Å². The van der Waals surface area contributed by atoms with Crippen molar-refractivity contribution in [1.29, 1.82) is 0 Å². The quantitative estimate of drug-likeness (QED) is 0.0532. The summed E-state index contributed by atoms with van der Waals surface area (Å²) < 4.78 is 0. The Kier molecular flexibility index (Phi) is 10.9. The molecular weight excluding hydrogens is 646 g/mol. The number of hydrogen-bond acceptors (Lipinski definition) is 8. The second-order valence-electron chi connectivity index (χ2n) is 10.4. The minimum absolute atomic E-state index is 0.101. The Balaban J connectivity index is 1.37. The van der Waals surface area contributed by atoms with Crippen LogP contribution in [0.2, 0.25) is 0 Å². The molecule has 5 rings (SSSR count). The summed E-state index contributed by atoms with van der Waals surface area (Å²) in [7, 11) is 0. The third kappa shape index (κ3) is 9.24. The molecule has 13 heteroatoms. The summed E-state index contributed by atoms with van der Waals surface area (Å²) in [6.07, 6.45) is 1.41. The number of rotatable bonds is 12. The molecular formula is C36H27N5O7S. The Morgan fingerprint density at radius 1 is 0.653 bits per heavy atom. The summed E-state index contributed by atoms with van der Waals surface area (Å²) in [6.45, 7) is 0. The van der Waals surface area contributed by atoms with Crippen molar-refractivity contribution < 1.29 is 24.2 Å². The second kappa shape index (κ2) is 15.8. The predicted molar refractivity (Wildman–Crippen MR) is 187 cm³/mol. The van der Waals surface area contributed by atoms with Gasteiger partial charge in [-0.05, 0) is 71.8 Å². The SMILES string of the molecule is O=C(Nc1cccc(SC(C(=O)Nc2ccc([N+](=O)[O-])cc2)c2ccccc2)c1)/C(=C\c1ccc([N+](=O)[O-])cc1)NC(=O)c1ccccc1. The van der Waals surface area contributed by atoms with E-state index in [2.05, 4.69) is 16.0 Å². The summed E-state index contributed by atoms with van der Waals surface area (Å²) in [6, 6.07) is 35.2. The fourth-order valence-electron chi connectivity index (χ4n) is 4.56. The summed E-state index contributed by atoms with van der Waals surface area (Å²) in [5.41, 5.74) is 1.91. The first-order chi connectivity index (χ1) is 23.7. The smallest absolute Gasteiger partial charge is 0.272 e. The fourth-order valence-corrected chi connectivity index (χ4v) is 5.64. The highest BCUT2D eigenvalue weighted by molar-refractivity contribution is 8.00. The maximum absolute atomic E-state index is 13.6. The third-order valence-electron chi connectivity index (χ3n) is 6.98. The Morgan fingerprint density at radius 3 is 1.86 bits per heavy atom. The van der Waals surface area contributed by atoms with Crippen molar-refractivity contribution in [3.8, 4) is 0 Å². The molecule has 0 saturated heterocycles. The number of amides is 3. The Labute approximate surface area is 284 Å². The molecule has 3 N–H and O–H groups in total. The van der Waals surface area contributed by atoms with Gasteiger partial charge in [-0.25, -0.2) is 0 Å². The Bertz CT molecular complexity index is 2020. The highest BCUT2D eigenvalue weighted by atomic mass is 32.2. The minimum Gasteiger partial charge on any atom is -0.325 e. The van der Waals surface area contributed by atoms with Crippen LogP contribution < -0.4 is 16.0 Å². The normalized spacial score (nSPS) is 11.6. The Hall–Kier alpha value is -6.60. The zero-order valence-electron chi connectivity index (χ0n) is 25.5. The number of carbonyl (C=O) groups is 3. The van der Waals surface area contributed by atoms with Crippen LogP contribution in [0.5, 0.6) is 0 Å². The van der Waals surface area contributed by atoms with E-state index >= 15 is 0 Å². The maximum atomic E-state index is 13.6.